The molecule has 32 heavy (non-hydrogen) atoms. The smallest absolute Gasteiger partial charge is 0.363 e. The molecule has 6 nitrogen and oxygen atoms in total. The summed E-state index contributed by atoms with van der Waals surface area (Å²) in [6.45, 7) is 3.83. The van der Waals surface area contributed by atoms with Crippen molar-refractivity contribution in [3.8, 4) is 11.5 Å². The molecule has 0 saturated carbocycles. The molecule has 0 spiro atoms. The summed E-state index contributed by atoms with van der Waals surface area (Å²) in [7, 11) is 1.48. The van der Waals surface area contributed by atoms with Gasteiger partial charge in [0.2, 0.25) is 5.90 Å². The fourth-order valence-corrected chi connectivity index (χ4v) is 3.28. The first-order valence-electron chi connectivity index (χ1n) is 10.00. The van der Waals surface area contributed by atoms with E-state index in [1.807, 2.05) is 44.2 Å². The second-order valence-corrected chi connectivity index (χ2v) is 7.32. The van der Waals surface area contributed by atoms with Crippen molar-refractivity contribution < 1.29 is 23.8 Å². The van der Waals surface area contributed by atoms with Crippen molar-refractivity contribution in [2.45, 2.75) is 13.8 Å². The number of hydrogen-bond acceptors (Lipinski definition) is 6. The molecular weight excluding hydrogens is 406 g/mol. The van der Waals surface area contributed by atoms with Crippen LogP contribution in [0.1, 0.15) is 32.6 Å². The van der Waals surface area contributed by atoms with Gasteiger partial charge in [0, 0.05) is 5.56 Å². The predicted molar refractivity (Wildman–Crippen MR) is 121 cm³/mol. The Bertz CT molecular complexity index is 1270. The Hall–Kier alpha value is -4.19. The van der Waals surface area contributed by atoms with Crippen molar-refractivity contribution in [1.29, 1.82) is 0 Å². The molecule has 0 radical (unpaired) electrons. The first-order valence-corrected chi connectivity index (χ1v) is 10.00. The van der Waals surface area contributed by atoms with Crippen LogP contribution in [0.3, 0.4) is 0 Å². The highest BCUT2D eigenvalue weighted by Gasteiger charge is 2.25. The standard InChI is InChI=1S/C26H21NO5/c1-16-7-6-9-19(13-16)25(28)31-22-12-11-18(15-23(22)30-3)14-21-26(29)32-24(27-21)20-10-5-4-8-17(20)2/h4-15H,1-3H3/b21-14-. The van der Waals surface area contributed by atoms with Crippen molar-refractivity contribution in [2.75, 3.05) is 7.11 Å². The molecule has 0 bridgehead atoms. The van der Waals surface area contributed by atoms with E-state index >= 15 is 0 Å². The van der Waals surface area contributed by atoms with Gasteiger partial charge in [0.25, 0.3) is 0 Å². The molecule has 160 valence electrons. The third kappa shape index (κ3) is 4.44. The Kier molecular flexibility index (Phi) is 5.85. The third-order valence-electron chi connectivity index (χ3n) is 4.94. The van der Waals surface area contributed by atoms with Crippen LogP contribution in [0.2, 0.25) is 0 Å². The monoisotopic (exact) mass is 427 g/mol. The number of benzene rings is 3. The Balaban J connectivity index is 1.59. The fourth-order valence-electron chi connectivity index (χ4n) is 3.28. The SMILES string of the molecule is COc1cc(/C=C2\N=C(c3ccccc3C)OC2=O)ccc1OC(=O)c1cccc(C)c1. The summed E-state index contributed by atoms with van der Waals surface area (Å²) in [6.07, 6.45) is 1.60. The Morgan fingerprint density at radius 2 is 1.78 bits per heavy atom. The molecule has 4 rings (SSSR count). The zero-order chi connectivity index (χ0) is 22.7. The van der Waals surface area contributed by atoms with Gasteiger partial charge in [0.1, 0.15) is 0 Å². The third-order valence-corrected chi connectivity index (χ3v) is 4.94. The number of esters is 2. The Labute approximate surface area is 185 Å². The van der Waals surface area contributed by atoms with Gasteiger partial charge in [-0.1, -0.05) is 42.0 Å². The van der Waals surface area contributed by atoms with Crippen LogP contribution in [-0.4, -0.2) is 24.9 Å². The number of methoxy groups -OCH3 is 1. The van der Waals surface area contributed by atoms with Gasteiger partial charge in [0.05, 0.1) is 12.7 Å². The summed E-state index contributed by atoms with van der Waals surface area (Å²) in [5, 5.41) is 0. The minimum atomic E-state index is -0.530. The van der Waals surface area contributed by atoms with Crippen LogP contribution in [0, 0.1) is 13.8 Å². The quantitative estimate of drug-likeness (QED) is 0.330. The van der Waals surface area contributed by atoms with E-state index in [0.717, 1.165) is 16.7 Å². The van der Waals surface area contributed by atoms with Crippen LogP contribution in [0.4, 0.5) is 0 Å². The second kappa shape index (κ2) is 8.89. The molecule has 0 aliphatic carbocycles. The molecule has 0 unspecified atom stereocenters. The van der Waals surface area contributed by atoms with Gasteiger partial charge in [0.15, 0.2) is 17.2 Å². The van der Waals surface area contributed by atoms with Crippen LogP contribution in [-0.2, 0) is 9.53 Å². The number of carbonyl (C=O) groups is 2. The summed E-state index contributed by atoms with van der Waals surface area (Å²) in [5.41, 5.74) is 3.96. The number of aryl methyl sites for hydroxylation is 2. The minimum Gasteiger partial charge on any atom is -0.493 e. The molecule has 3 aromatic carbocycles. The summed E-state index contributed by atoms with van der Waals surface area (Å²) in [5.74, 6) is -0.105. The Morgan fingerprint density at radius 3 is 2.53 bits per heavy atom. The number of ether oxygens (including phenoxy) is 3. The van der Waals surface area contributed by atoms with Gasteiger partial charge in [-0.05, 0) is 61.4 Å². The van der Waals surface area contributed by atoms with Gasteiger partial charge in [-0.2, -0.15) is 0 Å². The highest BCUT2D eigenvalue weighted by Crippen LogP contribution is 2.30. The Morgan fingerprint density at radius 1 is 0.969 bits per heavy atom. The molecule has 1 heterocycles. The van der Waals surface area contributed by atoms with Gasteiger partial charge in [-0.25, -0.2) is 14.6 Å². The highest BCUT2D eigenvalue weighted by molar-refractivity contribution is 6.13. The average Bonchev–Trinajstić information content (AvgIpc) is 3.14. The number of carbonyl (C=O) groups excluding carboxylic acids is 2. The topological polar surface area (TPSA) is 74.2 Å². The van der Waals surface area contributed by atoms with E-state index in [4.69, 9.17) is 14.2 Å². The van der Waals surface area contributed by atoms with Gasteiger partial charge in [-0.15, -0.1) is 0 Å². The summed E-state index contributed by atoms with van der Waals surface area (Å²) >= 11 is 0. The highest BCUT2D eigenvalue weighted by atomic mass is 16.6. The van der Waals surface area contributed by atoms with Crippen molar-refractivity contribution in [3.63, 3.8) is 0 Å². The lowest BCUT2D eigenvalue weighted by Crippen LogP contribution is -2.09. The number of rotatable bonds is 5. The molecule has 0 N–H and O–H groups in total. The van der Waals surface area contributed by atoms with E-state index in [-0.39, 0.29) is 17.3 Å². The van der Waals surface area contributed by atoms with E-state index in [2.05, 4.69) is 4.99 Å². The first kappa shape index (κ1) is 21.1. The van der Waals surface area contributed by atoms with E-state index < -0.39 is 11.9 Å². The van der Waals surface area contributed by atoms with Gasteiger partial charge >= 0.3 is 11.9 Å². The fraction of sp³-hybridized carbons (Fsp3) is 0.115. The first-order chi connectivity index (χ1) is 15.4. The van der Waals surface area contributed by atoms with Crippen molar-refractivity contribution in [1.82, 2.24) is 0 Å². The summed E-state index contributed by atoms with van der Waals surface area (Å²) < 4.78 is 16.2. The lowest BCUT2D eigenvalue weighted by molar-refractivity contribution is -0.129. The maximum absolute atomic E-state index is 12.5. The zero-order valence-corrected chi connectivity index (χ0v) is 17.9. The van der Waals surface area contributed by atoms with E-state index in [0.29, 0.717) is 16.9 Å². The minimum absolute atomic E-state index is 0.176. The van der Waals surface area contributed by atoms with Crippen LogP contribution in [0.5, 0.6) is 11.5 Å². The number of aliphatic imine (C=N–C) groups is 1. The van der Waals surface area contributed by atoms with Gasteiger partial charge < -0.3 is 14.2 Å². The molecular formula is C26H21NO5. The zero-order valence-electron chi connectivity index (χ0n) is 17.9. The summed E-state index contributed by atoms with van der Waals surface area (Å²) in [6, 6.07) is 19.7. The van der Waals surface area contributed by atoms with Crippen LogP contribution < -0.4 is 9.47 Å². The molecule has 6 heteroatoms. The maximum atomic E-state index is 12.5. The summed E-state index contributed by atoms with van der Waals surface area (Å²) in [4.78, 5) is 29.1. The van der Waals surface area contributed by atoms with Crippen molar-refractivity contribution >= 4 is 23.9 Å². The van der Waals surface area contributed by atoms with E-state index in [9.17, 15) is 9.59 Å². The normalized spacial score (nSPS) is 14.2. The van der Waals surface area contributed by atoms with Crippen molar-refractivity contribution in [2.24, 2.45) is 4.99 Å². The molecule has 1 aliphatic heterocycles. The number of hydrogen-bond donors (Lipinski definition) is 0. The van der Waals surface area contributed by atoms with Gasteiger partial charge in [-0.3, -0.25) is 0 Å². The van der Waals surface area contributed by atoms with Crippen LogP contribution in [0.15, 0.2) is 77.4 Å². The number of nitrogens with zero attached hydrogens (tertiary/aromatic N) is 1. The lowest BCUT2D eigenvalue weighted by Gasteiger charge is -2.10. The van der Waals surface area contributed by atoms with Crippen molar-refractivity contribution in [3.05, 3.63) is 100 Å². The molecule has 0 aromatic heterocycles. The largest absolute Gasteiger partial charge is 0.493 e. The lowest BCUT2D eigenvalue weighted by atomic mass is 10.1. The predicted octanol–water partition coefficient (Wildman–Crippen LogP) is 4.88. The second-order valence-electron chi connectivity index (χ2n) is 7.32. The molecule has 3 aromatic rings. The van der Waals surface area contributed by atoms with Crippen LogP contribution in [0.25, 0.3) is 6.08 Å². The molecule has 0 saturated heterocycles. The number of cyclic esters (lactones) is 1. The molecule has 0 amide bonds. The van der Waals surface area contributed by atoms with E-state index in [1.165, 1.54) is 7.11 Å². The molecule has 1 aliphatic rings. The average molecular weight is 427 g/mol. The van der Waals surface area contributed by atoms with E-state index in [1.54, 1.807) is 42.5 Å². The molecule has 0 atom stereocenters. The maximum Gasteiger partial charge on any atom is 0.363 e. The van der Waals surface area contributed by atoms with Crippen LogP contribution >= 0.6 is 0 Å². The molecule has 0 fully saturated rings.